The molecule has 1 heterocycles. The topological polar surface area (TPSA) is 37.8 Å². The third-order valence-electron chi connectivity index (χ3n) is 2.78. The maximum absolute atomic E-state index is 5.90. The summed E-state index contributed by atoms with van der Waals surface area (Å²) < 4.78 is 0. The minimum Gasteiger partial charge on any atom is -0.363 e. The van der Waals surface area contributed by atoms with Crippen LogP contribution in [0.15, 0.2) is 12.4 Å². The number of anilines is 1. The van der Waals surface area contributed by atoms with Crippen molar-refractivity contribution in [2.75, 3.05) is 11.2 Å². The minimum atomic E-state index is 0.101. The molecule has 2 rings (SSSR count). The molecule has 15 heavy (non-hydrogen) atoms. The van der Waals surface area contributed by atoms with Gasteiger partial charge in [0.25, 0.3) is 0 Å². The van der Waals surface area contributed by atoms with Crippen LogP contribution < -0.4 is 5.32 Å². The van der Waals surface area contributed by atoms with Crippen molar-refractivity contribution in [3.63, 3.8) is 0 Å². The predicted octanol–water partition coefficient (Wildman–Crippen LogP) is 2.78. The Morgan fingerprint density at radius 2 is 2.20 bits per heavy atom. The van der Waals surface area contributed by atoms with Crippen molar-refractivity contribution < 1.29 is 0 Å². The summed E-state index contributed by atoms with van der Waals surface area (Å²) in [6.45, 7) is 4.25. The summed E-state index contributed by atoms with van der Waals surface area (Å²) in [4.78, 5) is 8.45. The minimum absolute atomic E-state index is 0.101. The second kappa shape index (κ2) is 3.97. The maximum atomic E-state index is 5.90. The van der Waals surface area contributed by atoms with Crippen molar-refractivity contribution in [3.05, 3.63) is 18.1 Å². The Balaban J connectivity index is 2.11. The molecule has 0 aliphatic heterocycles. The molecular weight excluding hydrogens is 210 g/mol. The number of hydrogen-bond acceptors (Lipinski definition) is 3. The summed E-state index contributed by atoms with van der Waals surface area (Å²) in [7, 11) is 0. The zero-order valence-electron chi connectivity index (χ0n) is 9.13. The highest BCUT2D eigenvalue weighted by Crippen LogP contribution is 2.39. The molecule has 0 bridgehead atoms. The first kappa shape index (κ1) is 10.7. The average Bonchev–Trinajstić information content (AvgIpc) is 2.99. The second-order valence-electron chi connectivity index (χ2n) is 4.52. The summed E-state index contributed by atoms with van der Waals surface area (Å²) in [6, 6.07) is 2.01. The molecule has 0 atom stereocenters. The van der Waals surface area contributed by atoms with Gasteiger partial charge in [0.15, 0.2) is 0 Å². The van der Waals surface area contributed by atoms with Gasteiger partial charge in [0.2, 0.25) is 0 Å². The molecule has 1 aromatic rings. The Morgan fingerprint density at radius 1 is 1.47 bits per heavy atom. The average molecular weight is 226 g/mol. The van der Waals surface area contributed by atoms with E-state index in [1.54, 1.807) is 6.33 Å². The van der Waals surface area contributed by atoms with Gasteiger partial charge in [0.1, 0.15) is 12.1 Å². The first-order valence-corrected chi connectivity index (χ1v) is 5.85. The molecule has 0 spiro atoms. The second-order valence-corrected chi connectivity index (χ2v) is 4.79. The maximum Gasteiger partial charge on any atom is 0.130 e. The normalized spacial score (nSPS) is 17.9. The van der Waals surface area contributed by atoms with Gasteiger partial charge in [-0.05, 0) is 18.8 Å². The van der Waals surface area contributed by atoms with Crippen LogP contribution in [-0.2, 0) is 0 Å². The van der Waals surface area contributed by atoms with E-state index in [1.807, 2.05) is 6.07 Å². The molecule has 82 valence electrons. The van der Waals surface area contributed by atoms with E-state index in [0.717, 1.165) is 24.4 Å². The molecule has 4 heteroatoms. The van der Waals surface area contributed by atoms with Crippen LogP contribution >= 0.6 is 11.6 Å². The van der Waals surface area contributed by atoms with E-state index in [0.29, 0.717) is 11.8 Å². The lowest BCUT2D eigenvalue weighted by Crippen LogP contribution is -2.23. The van der Waals surface area contributed by atoms with Crippen LogP contribution in [0.25, 0.3) is 0 Å². The van der Waals surface area contributed by atoms with Gasteiger partial charge in [-0.3, -0.25) is 0 Å². The number of aromatic nitrogens is 2. The van der Waals surface area contributed by atoms with Gasteiger partial charge in [0.05, 0.1) is 5.54 Å². The van der Waals surface area contributed by atoms with Gasteiger partial charge < -0.3 is 5.32 Å². The highest BCUT2D eigenvalue weighted by molar-refractivity contribution is 6.19. The number of alkyl halides is 1. The summed E-state index contributed by atoms with van der Waals surface area (Å²) >= 11 is 5.90. The van der Waals surface area contributed by atoms with E-state index >= 15 is 0 Å². The molecule has 0 unspecified atom stereocenters. The molecule has 1 aliphatic rings. The molecule has 1 N–H and O–H groups in total. The molecule has 0 radical (unpaired) electrons. The predicted molar refractivity (Wildman–Crippen MR) is 62.4 cm³/mol. The van der Waals surface area contributed by atoms with Crippen LogP contribution in [0, 0.1) is 0 Å². The van der Waals surface area contributed by atoms with Crippen molar-refractivity contribution in [3.8, 4) is 0 Å². The Bertz CT molecular complexity index is 347. The fourth-order valence-electron chi connectivity index (χ4n) is 1.47. The highest BCUT2D eigenvalue weighted by Gasteiger charge is 2.42. The Hall–Kier alpha value is -0.830. The van der Waals surface area contributed by atoms with Crippen LogP contribution in [-0.4, -0.2) is 21.4 Å². The molecule has 1 fully saturated rings. The van der Waals surface area contributed by atoms with Gasteiger partial charge in [-0.1, -0.05) is 13.8 Å². The van der Waals surface area contributed by atoms with Gasteiger partial charge >= 0.3 is 0 Å². The first-order chi connectivity index (χ1) is 7.15. The van der Waals surface area contributed by atoms with Crippen LogP contribution in [0.2, 0.25) is 0 Å². The first-order valence-electron chi connectivity index (χ1n) is 5.31. The Labute approximate surface area is 95.3 Å². The lowest BCUT2D eigenvalue weighted by Gasteiger charge is -2.15. The van der Waals surface area contributed by atoms with E-state index in [1.165, 1.54) is 0 Å². The summed E-state index contributed by atoms with van der Waals surface area (Å²) in [6.07, 6.45) is 3.89. The molecule has 0 aromatic carbocycles. The fourth-order valence-corrected chi connectivity index (χ4v) is 1.81. The van der Waals surface area contributed by atoms with Crippen molar-refractivity contribution in [2.24, 2.45) is 0 Å². The molecule has 1 aliphatic carbocycles. The quantitative estimate of drug-likeness (QED) is 0.801. The van der Waals surface area contributed by atoms with E-state index in [9.17, 15) is 0 Å². The SMILES string of the molecule is CC(C)c1cc(NC2(CCl)CC2)ncn1. The van der Waals surface area contributed by atoms with Gasteiger partial charge in [-0.15, -0.1) is 11.6 Å². The lowest BCUT2D eigenvalue weighted by molar-refractivity contribution is 0.797. The van der Waals surface area contributed by atoms with Crippen molar-refractivity contribution in [1.29, 1.82) is 0 Å². The fraction of sp³-hybridized carbons (Fsp3) is 0.636. The number of nitrogens with one attached hydrogen (secondary N) is 1. The summed E-state index contributed by atoms with van der Waals surface area (Å²) in [5, 5.41) is 3.39. The molecule has 1 aromatic heterocycles. The Kier molecular flexibility index (Phi) is 2.83. The number of rotatable bonds is 4. The molecule has 0 amide bonds. The van der Waals surface area contributed by atoms with Crippen molar-refractivity contribution in [2.45, 2.75) is 38.1 Å². The zero-order valence-corrected chi connectivity index (χ0v) is 9.88. The third-order valence-corrected chi connectivity index (χ3v) is 3.29. The van der Waals surface area contributed by atoms with Crippen molar-refractivity contribution >= 4 is 17.4 Å². The van der Waals surface area contributed by atoms with Crippen LogP contribution in [0.3, 0.4) is 0 Å². The van der Waals surface area contributed by atoms with Crippen LogP contribution in [0.5, 0.6) is 0 Å². The third kappa shape index (κ3) is 2.40. The smallest absolute Gasteiger partial charge is 0.130 e. The van der Waals surface area contributed by atoms with E-state index < -0.39 is 0 Å². The van der Waals surface area contributed by atoms with E-state index in [4.69, 9.17) is 11.6 Å². The largest absolute Gasteiger partial charge is 0.363 e. The monoisotopic (exact) mass is 225 g/mol. The van der Waals surface area contributed by atoms with Gasteiger partial charge in [-0.2, -0.15) is 0 Å². The summed E-state index contributed by atoms with van der Waals surface area (Å²) in [5.41, 5.74) is 1.17. The van der Waals surface area contributed by atoms with Gasteiger partial charge in [0, 0.05) is 17.6 Å². The van der Waals surface area contributed by atoms with Crippen molar-refractivity contribution in [1.82, 2.24) is 9.97 Å². The number of halogens is 1. The molecule has 3 nitrogen and oxygen atoms in total. The standard InChI is InChI=1S/C11H16ClN3/c1-8(2)9-5-10(14-7-13-9)15-11(6-12)3-4-11/h5,7-8H,3-4,6H2,1-2H3,(H,13,14,15). The van der Waals surface area contributed by atoms with Gasteiger partial charge in [-0.25, -0.2) is 9.97 Å². The lowest BCUT2D eigenvalue weighted by atomic mass is 10.1. The molecule has 1 saturated carbocycles. The number of hydrogen-bond donors (Lipinski definition) is 1. The van der Waals surface area contributed by atoms with E-state index in [2.05, 4.69) is 29.1 Å². The van der Waals surface area contributed by atoms with E-state index in [-0.39, 0.29) is 5.54 Å². The van der Waals surface area contributed by atoms with Crippen LogP contribution in [0.4, 0.5) is 5.82 Å². The molecular formula is C11H16ClN3. The zero-order chi connectivity index (χ0) is 10.9. The van der Waals surface area contributed by atoms with Crippen LogP contribution in [0.1, 0.15) is 38.3 Å². The molecule has 0 saturated heterocycles. The number of nitrogens with zero attached hydrogens (tertiary/aromatic N) is 2. The Morgan fingerprint density at radius 3 is 2.73 bits per heavy atom. The highest BCUT2D eigenvalue weighted by atomic mass is 35.5. The summed E-state index contributed by atoms with van der Waals surface area (Å²) in [5.74, 6) is 1.97.